The number of nitrogens with one attached hydrogen (secondary N) is 1. The van der Waals surface area contributed by atoms with Crippen molar-refractivity contribution in [3.05, 3.63) is 54.6 Å². The number of pyridine rings is 1. The molecule has 1 aromatic carbocycles. The van der Waals surface area contributed by atoms with Crippen molar-refractivity contribution in [2.45, 2.75) is 25.8 Å². The molecule has 0 aliphatic heterocycles. The number of anilines is 2. The molecule has 0 saturated carbocycles. The SMILES string of the molecule is CC(CCc1ccco1)Nc1c(N)cnc2ccccc12. The maximum atomic E-state index is 6.08. The Balaban J connectivity index is 1.76. The highest BCUT2D eigenvalue weighted by Crippen LogP contribution is 2.28. The van der Waals surface area contributed by atoms with E-state index in [1.165, 1.54) is 0 Å². The van der Waals surface area contributed by atoms with Gasteiger partial charge in [-0.2, -0.15) is 0 Å². The Kier molecular flexibility index (Phi) is 3.77. The second-order valence-corrected chi connectivity index (χ2v) is 5.27. The third-order valence-corrected chi connectivity index (χ3v) is 3.60. The van der Waals surface area contributed by atoms with E-state index in [2.05, 4.69) is 17.2 Å². The highest BCUT2D eigenvalue weighted by Gasteiger charge is 2.10. The third kappa shape index (κ3) is 2.99. The number of nitrogen functional groups attached to an aromatic ring is 1. The third-order valence-electron chi connectivity index (χ3n) is 3.60. The van der Waals surface area contributed by atoms with Crippen LogP contribution in [-0.4, -0.2) is 11.0 Å². The number of furan rings is 1. The van der Waals surface area contributed by atoms with E-state index < -0.39 is 0 Å². The van der Waals surface area contributed by atoms with Gasteiger partial charge in [0.15, 0.2) is 0 Å². The zero-order valence-corrected chi connectivity index (χ0v) is 12.0. The normalized spacial score (nSPS) is 12.4. The van der Waals surface area contributed by atoms with E-state index in [1.807, 2.05) is 36.4 Å². The lowest BCUT2D eigenvalue weighted by Crippen LogP contribution is -2.17. The van der Waals surface area contributed by atoms with Crippen molar-refractivity contribution in [1.82, 2.24) is 4.98 Å². The number of aromatic nitrogens is 1. The minimum Gasteiger partial charge on any atom is -0.469 e. The zero-order valence-electron chi connectivity index (χ0n) is 12.0. The lowest BCUT2D eigenvalue weighted by molar-refractivity contribution is 0.495. The molecule has 3 rings (SSSR count). The first-order valence-electron chi connectivity index (χ1n) is 7.16. The average molecular weight is 281 g/mol. The minimum absolute atomic E-state index is 0.295. The van der Waals surface area contributed by atoms with Crippen LogP contribution in [-0.2, 0) is 6.42 Å². The van der Waals surface area contributed by atoms with Gasteiger partial charge in [0, 0.05) is 17.8 Å². The summed E-state index contributed by atoms with van der Waals surface area (Å²) in [5.41, 5.74) is 8.68. The topological polar surface area (TPSA) is 64.1 Å². The van der Waals surface area contributed by atoms with Crippen molar-refractivity contribution in [1.29, 1.82) is 0 Å². The van der Waals surface area contributed by atoms with Gasteiger partial charge in [0.05, 0.1) is 29.4 Å². The number of nitrogens with two attached hydrogens (primary N) is 1. The van der Waals surface area contributed by atoms with E-state index in [9.17, 15) is 0 Å². The molecule has 1 unspecified atom stereocenters. The molecule has 0 bridgehead atoms. The first kappa shape index (κ1) is 13.5. The number of aryl methyl sites for hydroxylation is 1. The average Bonchev–Trinajstić information content (AvgIpc) is 3.01. The molecule has 0 saturated heterocycles. The summed E-state index contributed by atoms with van der Waals surface area (Å²) in [4.78, 5) is 4.36. The van der Waals surface area contributed by atoms with Crippen LogP contribution in [0.15, 0.2) is 53.3 Å². The number of nitrogens with zero attached hydrogens (tertiary/aromatic N) is 1. The van der Waals surface area contributed by atoms with E-state index in [0.717, 1.165) is 35.2 Å². The van der Waals surface area contributed by atoms with E-state index in [0.29, 0.717) is 11.7 Å². The van der Waals surface area contributed by atoms with Gasteiger partial charge >= 0.3 is 0 Å². The van der Waals surface area contributed by atoms with Crippen molar-refractivity contribution >= 4 is 22.3 Å². The van der Waals surface area contributed by atoms with Gasteiger partial charge in [0.2, 0.25) is 0 Å². The molecule has 0 spiro atoms. The van der Waals surface area contributed by atoms with Crippen LogP contribution in [0.1, 0.15) is 19.1 Å². The van der Waals surface area contributed by atoms with Crippen molar-refractivity contribution < 1.29 is 4.42 Å². The number of hydrogen-bond donors (Lipinski definition) is 2. The highest BCUT2D eigenvalue weighted by atomic mass is 16.3. The van der Waals surface area contributed by atoms with E-state index in [-0.39, 0.29) is 0 Å². The van der Waals surface area contributed by atoms with Crippen LogP contribution in [0, 0.1) is 0 Å². The van der Waals surface area contributed by atoms with Crippen LogP contribution in [0.2, 0.25) is 0 Å². The predicted octanol–water partition coefficient (Wildman–Crippen LogP) is 3.84. The molecule has 0 amide bonds. The van der Waals surface area contributed by atoms with Crippen molar-refractivity contribution in [3.8, 4) is 0 Å². The molecule has 2 aromatic heterocycles. The smallest absolute Gasteiger partial charge is 0.103 e. The molecule has 0 radical (unpaired) electrons. The van der Waals surface area contributed by atoms with Crippen LogP contribution in [0.25, 0.3) is 10.9 Å². The lowest BCUT2D eigenvalue weighted by Gasteiger charge is -2.18. The van der Waals surface area contributed by atoms with Gasteiger partial charge < -0.3 is 15.5 Å². The number of para-hydroxylation sites is 1. The molecule has 3 aromatic rings. The Morgan fingerprint density at radius 3 is 2.90 bits per heavy atom. The van der Waals surface area contributed by atoms with Crippen LogP contribution in [0.3, 0.4) is 0 Å². The molecular weight excluding hydrogens is 262 g/mol. The Hall–Kier alpha value is -2.49. The molecule has 4 nitrogen and oxygen atoms in total. The molecule has 0 fully saturated rings. The molecule has 0 aliphatic carbocycles. The summed E-state index contributed by atoms with van der Waals surface area (Å²) in [6.45, 7) is 2.15. The van der Waals surface area contributed by atoms with Gasteiger partial charge in [-0.3, -0.25) is 4.98 Å². The number of rotatable bonds is 5. The second kappa shape index (κ2) is 5.87. The summed E-state index contributed by atoms with van der Waals surface area (Å²) >= 11 is 0. The Bertz CT molecular complexity index is 722. The van der Waals surface area contributed by atoms with Crippen LogP contribution in [0.4, 0.5) is 11.4 Å². The van der Waals surface area contributed by atoms with Crippen LogP contribution >= 0.6 is 0 Å². The molecule has 2 heterocycles. The summed E-state index contributed by atoms with van der Waals surface area (Å²) in [6.07, 6.45) is 5.30. The van der Waals surface area contributed by atoms with E-state index >= 15 is 0 Å². The van der Waals surface area contributed by atoms with Gasteiger partial charge in [0.25, 0.3) is 0 Å². The first-order valence-corrected chi connectivity index (χ1v) is 7.16. The molecule has 0 aliphatic rings. The molecule has 21 heavy (non-hydrogen) atoms. The van der Waals surface area contributed by atoms with Crippen molar-refractivity contribution in [2.75, 3.05) is 11.1 Å². The minimum atomic E-state index is 0.295. The van der Waals surface area contributed by atoms with Gasteiger partial charge in [-0.15, -0.1) is 0 Å². The van der Waals surface area contributed by atoms with Crippen molar-refractivity contribution in [3.63, 3.8) is 0 Å². The Morgan fingerprint density at radius 1 is 1.24 bits per heavy atom. The quantitative estimate of drug-likeness (QED) is 0.745. The zero-order chi connectivity index (χ0) is 14.7. The molecular formula is C17H19N3O. The number of fused-ring (bicyclic) bond motifs is 1. The van der Waals surface area contributed by atoms with E-state index in [4.69, 9.17) is 10.2 Å². The Labute approximate surface area is 124 Å². The Morgan fingerprint density at radius 2 is 2.10 bits per heavy atom. The van der Waals surface area contributed by atoms with Gasteiger partial charge in [0.1, 0.15) is 5.76 Å². The summed E-state index contributed by atoms with van der Waals surface area (Å²) in [6, 6.07) is 12.2. The fourth-order valence-electron chi connectivity index (χ4n) is 2.45. The number of hydrogen-bond acceptors (Lipinski definition) is 4. The largest absolute Gasteiger partial charge is 0.469 e. The maximum absolute atomic E-state index is 6.08. The fourth-order valence-corrected chi connectivity index (χ4v) is 2.45. The molecule has 108 valence electrons. The van der Waals surface area contributed by atoms with E-state index in [1.54, 1.807) is 12.5 Å². The van der Waals surface area contributed by atoms with Crippen molar-refractivity contribution in [2.24, 2.45) is 0 Å². The van der Waals surface area contributed by atoms with Crippen LogP contribution < -0.4 is 11.1 Å². The number of benzene rings is 1. The monoisotopic (exact) mass is 281 g/mol. The molecule has 3 N–H and O–H groups in total. The predicted molar refractivity (Wildman–Crippen MR) is 86.3 cm³/mol. The second-order valence-electron chi connectivity index (χ2n) is 5.27. The highest BCUT2D eigenvalue weighted by molar-refractivity contribution is 5.96. The summed E-state index contributed by atoms with van der Waals surface area (Å²) in [5, 5.41) is 4.57. The summed E-state index contributed by atoms with van der Waals surface area (Å²) in [7, 11) is 0. The lowest BCUT2D eigenvalue weighted by atomic mass is 10.1. The van der Waals surface area contributed by atoms with Gasteiger partial charge in [-0.25, -0.2) is 0 Å². The first-order chi connectivity index (χ1) is 10.2. The van der Waals surface area contributed by atoms with Crippen LogP contribution in [0.5, 0.6) is 0 Å². The van der Waals surface area contributed by atoms with Gasteiger partial charge in [-0.05, 0) is 31.5 Å². The maximum Gasteiger partial charge on any atom is 0.103 e. The summed E-state index contributed by atoms with van der Waals surface area (Å²) in [5.74, 6) is 1.01. The van der Waals surface area contributed by atoms with Gasteiger partial charge in [-0.1, -0.05) is 18.2 Å². The standard InChI is InChI=1S/C17H19N3O/c1-12(8-9-13-5-4-10-21-13)20-17-14-6-2-3-7-16(14)19-11-15(17)18/h2-7,10-12H,8-9,18H2,1H3,(H,19,20). The fraction of sp³-hybridized carbons (Fsp3) is 0.235. The summed E-state index contributed by atoms with van der Waals surface area (Å²) < 4.78 is 5.37. The molecule has 1 atom stereocenters. The molecule has 4 heteroatoms.